The molecule has 0 saturated carbocycles. The van der Waals surface area contributed by atoms with Gasteiger partial charge >= 0.3 is 0 Å². The fourth-order valence-corrected chi connectivity index (χ4v) is 3.85. The van der Waals surface area contributed by atoms with Gasteiger partial charge in [0.05, 0.1) is 6.26 Å². The van der Waals surface area contributed by atoms with E-state index in [0.29, 0.717) is 10.9 Å². The van der Waals surface area contributed by atoms with Crippen LogP contribution in [0.4, 0.5) is 0 Å². The van der Waals surface area contributed by atoms with Crippen molar-refractivity contribution in [2.75, 3.05) is 17.8 Å². The van der Waals surface area contributed by atoms with Crippen molar-refractivity contribution >= 4 is 10.9 Å². The molecule has 2 rings (SSSR count). The van der Waals surface area contributed by atoms with Gasteiger partial charge in [-0.1, -0.05) is 29.8 Å². The highest BCUT2D eigenvalue weighted by Gasteiger charge is 2.29. The molecule has 0 radical (unpaired) electrons. The summed E-state index contributed by atoms with van der Waals surface area (Å²) in [6.07, 6.45) is 3.80. The lowest BCUT2D eigenvalue weighted by molar-refractivity contribution is 0.782. The number of hydrogen-bond donors (Lipinski definition) is 0. The molecule has 2 atom stereocenters. The predicted molar refractivity (Wildman–Crippen MR) is 61.6 cm³/mol. The Kier molecular flexibility index (Phi) is 2.63. The summed E-state index contributed by atoms with van der Waals surface area (Å²) in [4.78, 5) is 0. The average Bonchev–Trinajstić information content (AvgIpc) is 2.53. The van der Waals surface area contributed by atoms with E-state index in [2.05, 4.69) is 37.4 Å². The normalized spacial score (nSPS) is 27.8. The number of rotatable bonds is 1. The molecule has 1 aliphatic heterocycles. The Bertz CT molecular complexity index is 276. The van der Waals surface area contributed by atoms with E-state index in [-0.39, 0.29) is 0 Å². The Morgan fingerprint density at radius 3 is 2.46 bits per heavy atom. The zero-order valence-corrected chi connectivity index (χ0v) is 9.23. The van der Waals surface area contributed by atoms with E-state index in [1.165, 1.54) is 23.5 Å². The fraction of sp³-hybridized carbons (Fsp3) is 0.500. The first-order valence-corrected chi connectivity index (χ1v) is 6.88. The summed E-state index contributed by atoms with van der Waals surface area (Å²) in [5.41, 5.74) is 2.93. The molecule has 13 heavy (non-hydrogen) atoms. The number of aryl methyl sites for hydroxylation is 1. The molecule has 0 spiro atoms. The van der Waals surface area contributed by atoms with Gasteiger partial charge in [0, 0.05) is 12.3 Å². The highest BCUT2D eigenvalue weighted by molar-refractivity contribution is 7.96. The SMILES string of the molecule is Cc1ccc(C2CC[S+](C)C2)cc1. The zero-order chi connectivity index (χ0) is 9.26. The van der Waals surface area contributed by atoms with E-state index in [9.17, 15) is 0 Å². The third kappa shape index (κ3) is 2.08. The predicted octanol–water partition coefficient (Wildman–Crippen LogP) is 2.73. The molecule has 0 nitrogen and oxygen atoms in total. The van der Waals surface area contributed by atoms with Crippen LogP contribution in [0.25, 0.3) is 0 Å². The second kappa shape index (κ2) is 3.75. The molecule has 0 N–H and O–H groups in total. The van der Waals surface area contributed by atoms with Gasteiger partial charge in [0.25, 0.3) is 0 Å². The van der Waals surface area contributed by atoms with Gasteiger partial charge < -0.3 is 0 Å². The standard InChI is InChI=1S/C12H17S/c1-10-3-5-11(6-4-10)12-7-8-13(2)9-12/h3-6,12H,7-9H2,1-2H3/q+1. The minimum atomic E-state index is 0.691. The summed E-state index contributed by atoms with van der Waals surface area (Å²) in [7, 11) is 0.691. The minimum Gasteiger partial charge on any atom is -0.0590 e. The van der Waals surface area contributed by atoms with E-state index in [1.54, 1.807) is 5.56 Å². The highest BCUT2D eigenvalue weighted by atomic mass is 32.2. The van der Waals surface area contributed by atoms with Crippen molar-refractivity contribution < 1.29 is 0 Å². The van der Waals surface area contributed by atoms with Gasteiger partial charge in [0.1, 0.15) is 11.5 Å². The van der Waals surface area contributed by atoms with E-state index >= 15 is 0 Å². The van der Waals surface area contributed by atoms with Crippen LogP contribution in [0.5, 0.6) is 0 Å². The van der Waals surface area contributed by atoms with Crippen LogP contribution in [0.3, 0.4) is 0 Å². The van der Waals surface area contributed by atoms with Crippen molar-refractivity contribution in [3.8, 4) is 0 Å². The fourth-order valence-electron chi connectivity index (χ4n) is 1.96. The van der Waals surface area contributed by atoms with Crippen LogP contribution in [0.2, 0.25) is 0 Å². The van der Waals surface area contributed by atoms with Crippen molar-refractivity contribution in [2.24, 2.45) is 0 Å². The number of benzene rings is 1. The summed E-state index contributed by atoms with van der Waals surface area (Å²) in [6.45, 7) is 2.16. The third-order valence-electron chi connectivity index (χ3n) is 2.85. The van der Waals surface area contributed by atoms with Crippen LogP contribution in [-0.4, -0.2) is 17.8 Å². The molecule has 0 aromatic heterocycles. The molecule has 0 amide bonds. The van der Waals surface area contributed by atoms with E-state index in [1.807, 2.05) is 0 Å². The topological polar surface area (TPSA) is 0 Å². The first-order chi connectivity index (χ1) is 6.25. The van der Waals surface area contributed by atoms with Gasteiger partial charge in [-0.05, 0) is 23.4 Å². The van der Waals surface area contributed by atoms with Crippen LogP contribution < -0.4 is 0 Å². The van der Waals surface area contributed by atoms with Crippen LogP contribution in [0.1, 0.15) is 23.5 Å². The Balaban J connectivity index is 2.13. The van der Waals surface area contributed by atoms with Gasteiger partial charge in [-0.2, -0.15) is 0 Å². The molecule has 1 fully saturated rings. The van der Waals surface area contributed by atoms with Gasteiger partial charge in [-0.15, -0.1) is 0 Å². The number of hydrogen-bond acceptors (Lipinski definition) is 0. The Morgan fingerprint density at radius 1 is 1.23 bits per heavy atom. The van der Waals surface area contributed by atoms with Crippen LogP contribution in [0, 0.1) is 6.92 Å². The second-order valence-corrected chi connectivity index (χ2v) is 6.35. The van der Waals surface area contributed by atoms with Gasteiger partial charge in [0.15, 0.2) is 0 Å². The van der Waals surface area contributed by atoms with Gasteiger partial charge in [-0.25, -0.2) is 0 Å². The smallest absolute Gasteiger partial charge is 0.0590 e. The molecular formula is C12H17S+. The summed E-state index contributed by atoms with van der Waals surface area (Å²) in [6, 6.07) is 9.09. The maximum Gasteiger partial charge on any atom is 0.114 e. The van der Waals surface area contributed by atoms with Crippen molar-refractivity contribution in [1.29, 1.82) is 0 Å². The molecule has 1 heteroatoms. The van der Waals surface area contributed by atoms with Crippen molar-refractivity contribution in [1.82, 2.24) is 0 Å². The largest absolute Gasteiger partial charge is 0.114 e. The maximum absolute atomic E-state index is 2.40. The second-order valence-electron chi connectivity index (χ2n) is 4.05. The first-order valence-electron chi connectivity index (χ1n) is 4.91. The lowest BCUT2D eigenvalue weighted by Gasteiger charge is -2.05. The van der Waals surface area contributed by atoms with Crippen molar-refractivity contribution in [2.45, 2.75) is 19.3 Å². The quantitative estimate of drug-likeness (QED) is 0.602. The summed E-state index contributed by atoms with van der Waals surface area (Å²) < 4.78 is 0. The van der Waals surface area contributed by atoms with Gasteiger partial charge in [-0.3, -0.25) is 0 Å². The Labute approximate surface area is 83.7 Å². The lowest BCUT2D eigenvalue weighted by atomic mass is 9.98. The third-order valence-corrected chi connectivity index (χ3v) is 4.75. The van der Waals surface area contributed by atoms with E-state index < -0.39 is 0 Å². The molecule has 1 heterocycles. The first kappa shape index (κ1) is 9.14. The molecule has 1 aliphatic rings. The molecule has 0 bridgehead atoms. The molecule has 70 valence electrons. The summed E-state index contributed by atoms with van der Waals surface area (Å²) in [5.74, 6) is 3.72. The van der Waals surface area contributed by atoms with Crippen molar-refractivity contribution in [3.05, 3.63) is 35.4 Å². The highest BCUT2D eigenvalue weighted by Crippen LogP contribution is 2.28. The summed E-state index contributed by atoms with van der Waals surface area (Å²) >= 11 is 0. The molecule has 2 unspecified atom stereocenters. The Morgan fingerprint density at radius 2 is 1.92 bits per heavy atom. The Hall–Kier alpha value is -0.430. The average molecular weight is 193 g/mol. The van der Waals surface area contributed by atoms with Crippen LogP contribution in [-0.2, 0) is 10.9 Å². The molecule has 1 saturated heterocycles. The molecule has 0 aliphatic carbocycles. The van der Waals surface area contributed by atoms with E-state index in [4.69, 9.17) is 0 Å². The van der Waals surface area contributed by atoms with E-state index in [0.717, 1.165) is 5.92 Å². The maximum atomic E-state index is 2.40. The monoisotopic (exact) mass is 193 g/mol. The van der Waals surface area contributed by atoms with Crippen LogP contribution in [0.15, 0.2) is 24.3 Å². The molecule has 1 aromatic rings. The lowest BCUT2D eigenvalue weighted by Crippen LogP contribution is -2.02. The van der Waals surface area contributed by atoms with Gasteiger partial charge in [0.2, 0.25) is 0 Å². The molecule has 1 aromatic carbocycles. The van der Waals surface area contributed by atoms with Crippen LogP contribution >= 0.6 is 0 Å². The molecular weight excluding hydrogens is 176 g/mol. The zero-order valence-electron chi connectivity index (χ0n) is 8.42. The minimum absolute atomic E-state index is 0.691. The summed E-state index contributed by atoms with van der Waals surface area (Å²) in [5, 5.41) is 0. The van der Waals surface area contributed by atoms with Crippen molar-refractivity contribution in [3.63, 3.8) is 0 Å².